The number of carbonyl (C=O) groups excluding carboxylic acids is 1. The summed E-state index contributed by atoms with van der Waals surface area (Å²) in [4.78, 5) is 25.0. The fourth-order valence-corrected chi connectivity index (χ4v) is 3.48. The summed E-state index contributed by atoms with van der Waals surface area (Å²) in [6.07, 6.45) is 3.48. The van der Waals surface area contributed by atoms with E-state index in [0.717, 1.165) is 42.9 Å². The van der Waals surface area contributed by atoms with E-state index < -0.39 is 0 Å². The van der Waals surface area contributed by atoms with Crippen molar-refractivity contribution in [1.29, 1.82) is 0 Å². The first kappa shape index (κ1) is 14.5. The molecule has 3 rings (SSSR count). The smallest absolute Gasteiger partial charge is 0.273 e. The van der Waals surface area contributed by atoms with Crippen LogP contribution in [-0.4, -0.2) is 68.3 Å². The van der Waals surface area contributed by atoms with Gasteiger partial charge in [0, 0.05) is 31.6 Å². The number of amides is 1. The zero-order chi connectivity index (χ0) is 14.7. The van der Waals surface area contributed by atoms with Gasteiger partial charge in [0.2, 0.25) is 0 Å². The third-order valence-corrected chi connectivity index (χ3v) is 5.24. The highest BCUT2D eigenvalue weighted by Crippen LogP contribution is 2.21. The van der Waals surface area contributed by atoms with Crippen LogP contribution in [0.4, 0.5) is 0 Å². The Morgan fingerprint density at radius 3 is 2.86 bits per heavy atom. The van der Waals surface area contributed by atoms with Gasteiger partial charge in [-0.1, -0.05) is 11.8 Å². The third-order valence-electron chi connectivity index (χ3n) is 3.37. The molecule has 21 heavy (non-hydrogen) atoms. The normalized spacial score (nSPS) is 16.3. The summed E-state index contributed by atoms with van der Waals surface area (Å²) in [5, 5.41) is 8.55. The first-order chi connectivity index (χ1) is 10.3. The maximum atomic E-state index is 12.4. The molecule has 0 spiro atoms. The van der Waals surface area contributed by atoms with E-state index in [1.54, 1.807) is 11.8 Å². The Hall–Kier alpha value is -1.45. The molecule has 0 unspecified atom stereocenters. The molecule has 0 radical (unpaired) electrons. The number of nitrogens with zero attached hydrogens (tertiary/aromatic N) is 5. The molecule has 0 atom stereocenters. The number of aromatic amines is 1. The number of H-pyrrole nitrogens is 1. The number of piperazine rings is 1. The summed E-state index contributed by atoms with van der Waals surface area (Å²) >= 11 is 3.09. The van der Waals surface area contributed by atoms with E-state index in [9.17, 15) is 4.79 Å². The zero-order valence-electron chi connectivity index (χ0n) is 11.7. The van der Waals surface area contributed by atoms with Crippen molar-refractivity contribution >= 4 is 29.0 Å². The van der Waals surface area contributed by atoms with E-state index in [4.69, 9.17) is 0 Å². The molecule has 0 aromatic carbocycles. The van der Waals surface area contributed by atoms with Crippen LogP contribution in [-0.2, 0) is 6.54 Å². The highest BCUT2D eigenvalue weighted by molar-refractivity contribution is 8.00. The standard InChI is InChI=1S/C12H16N6OS2/c1-20-12-15-9(7-21-12)11(19)18-4-2-17(3-5-18)6-10-13-8-14-16-10/h7-8H,2-6H2,1H3,(H,13,14,16). The number of hydrogen-bond donors (Lipinski definition) is 1. The molecule has 1 aliphatic heterocycles. The molecule has 0 saturated carbocycles. The first-order valence-electron chi connectivity index (χ1n) is 6.61. The van der Waals surface area contributed by atoms with Gasteiger partial charge in [-0.3, -0.25) is 14.8 Å². The second kappa shape index (κ2) is 6.54. The van der Waals surface area contributed by atoms with Gasteiger partial charge in [0.05, 0.1) is 6.54 Å². The van der Waals surface area contributed by atoms with Crippen LogP contribution >= 0.6 is 23.1 Å². The minimum atomic E-state index is 0.0332. The van der Waals surface area contributed by atoms with Crippen LogP contribution in [0.1, 0.15) is 16.3 Å². The average Bonchev–Trinajstić information content (AvgIpc) is 3.18. The Bertz CT molecular complexity index is 591. The van der Waals surface area contributed by atoms with E-state index in [-0.39, 0.29) is 5.91 Å². The zero-order valence-corrected chi connectivity index (χ0v) is 13.3. The van der Waals surface area contributed by atoms with Gasteiger partial charge in [-0.2, -0.15) is 5.10 Å². The van der Waals surface area contributed by atoms with Crippen LogP contribution < -0.4 is 0 Å². The van der Waals surface area contributed by atoms with Crippen LogP contribution in [0.5, 0.6) is 0 Å². The molecule has 2 aromatic rings. The number of nitrogens with one attached hydrogen (secondary N) is 1. The molecule has 112 valence electrons. The highest BCUT2D eigenvalue weighted by Gasteiger charge is 2.24. The van der Waals surface area contributed by atoms with Crippen LogP contribution in [0.25, 0.3) is 0 Å². The Balaban J connectivity index is 1.54. The van der Waals surface area contributed by atoms with Crippen molar-refractivity contribution in [2.24, 2.45) is 0 Å². The lowest BCUT2D eigenvalue weighted by Gasteiger charge is -2.33. The maximum absolute atomic E-state index is 12.4. The molecule has 1 fully saturated rings. The first-order valence-corrected chi connectivity index (χ1v) is 8.72. The predicted octanol–water partition coefficient (Wildman–Crippen LogP) is 0.941. The number of carbonyl (C=O) groups is 1. The van der Waals surface area contributed by atoms with E-state index in [0.29, 0.717) is 5.69 Å². The average molecular weight is 324 g/mol. The maximum Gasteiger partial charge on any atom is 0.273 e. The fourth-order valence-electron chi connectivity index (χ4n) is 2.24. The van der Waals surface area contributed by atoms with Crippen LogP contribution in [0.3, 0.4) is 0 Å². The van der Waals surface area contributed by atoms with Gasteiger partial charge in [0.1, 0.15) is 22.2 Å². The van der Waals surface area contributed by atoms with Crippen molar-refractivity contribution < 1.29 is 4.79 Å². The topological polar surface area (TPSA) is 78.0 Å². The molecule has 9 heteroatoms. The van der Waals surface area contributed by atoms with E-state index in [1.807, 2.05) is 16.5 Å². The van der Waals surface area contributed by atoms with Crippen molar-refractivity contribution in [2.45, 2.75) is 10.9 Å². The van der Waals surface area contributed by atoms with E-state index in [2.05, 4.69) is 25.1 Å². The number of thiazole rings is 1. The van der Waals surface area contributed by atoms with Gasteiger partial charge in [-0.15, -0.1) is 11.3 Å². The lowest BCUT2D eigenvalue weighted by Crippen LogP contribution is -2.48. The number of thioether (sulfide) groups is 1. The quantitative estimate of drug-likeness (QED) is 0.844. The molecule has 1 N–H and O–H groups in total. The van der Waals surface area contributed by atoms with Gasteiger partial charge in [0.25, 0.3) is 5.91 Å². The summed E-state index contributed by atoms with van der Waals surface area (Å²) in [7, 11) is 0. The summed E-state index contributed by atoms with van der Waals surface area (Å²) in [5.41, 5.74) is 0.563. The van der Waals surface area contributed by atoms with Crippen LogP contribution in [0, 0.1) is 0 Å². The van der Waals surface area contributed by atoms with Crippen molar-refractivity contribution in [3.63, 3.8) is 0 Å². The summed E-state index contributed by atoms with van der Waals surface area (Å²) in [6, 6.07) is 0. The van der Waals surface area contributed by atoms with Gasteiger partial charge in [-0.05, 0) is 6.26 Å². The molecule has 7 nitrogen and oxygen atoms in total. The Labute approximate surface area is 130 Å². The van der Waals surface area contributed by atoms with Crippen molar-refractivity contribution in [3.05, 3.63) is 23.2 Å². The summed E-state index contributed by atoms with van der Waals surface area (Å²) in [6.45, 7) is 3.87. The second-order valence-electron chi connectivity index (χ2n) is 4.70. The molecular weight excluding hydrogens is 308 g/mol. The van der Waals surface area contributed by atoms with E-state index >= 15 is 0 Å². The van der Waals surface area contributed by atoms with Crippen molar-refractivity contribution in [3.8, 4) is 0 Å². The largest absolute Gasteiger partial charge is 0.335 e. The molecule has 1 amide bonds. The number of rotatable bonds is 4. The second-order valence-corrected chi connectivity index (χ2v) is 6.61. The molecule has 3 heterocycles. The van der Waals surface area contributed by atoms with E-state index in [1.165, 1.54) is 17.7 Å². The van der Waals surface area contributed by atoms with Gasteiger partial charge in [0.15, 0.2) is 0 Å². The van der Waals surface area contributed by atoms with Gasteiger partial charge in [-0.25, -0.2) is 9.97 Å². The fraction of sp³-hybridized carbons (Fsp3) is 0.500. The minimum absolute atomic E-state index is 0.0332. The molecule has 0 bridgehead atoms. The van der Waals surface area contributed by atoms with Crippen LogP contribution in [0.15, 0.2) is 16.0 Å². The SMILES string of the molecule is CSc1nc(C(=O)N2CCN(Cc3ncn[nH]3)CC2)cs1. The Morgan fingerprint density at radius 2 is 2.24 bits per heavy atom. The number of aromatic nitrogens is 4. The van der Waals surface area contributed by atoms with Crippen molar-refractivity contribution in [2.75, 3.05) is 32.4 Å². The molecule has 2 aromatic heterocycles. The molecule has 0 aliphatic carbocycles. The Morgan fingerprint density at radius 1 is 1.43 bits per heavy atom. The van der Waals surface area contributed by atoms with Gasteiger partial charge >= 0.3 is 0 Å². The lowest BCUT2D eigenvalue weighted by molar-refractivity contribution is 0.0620. The van der Waals surface area contributed by atoms with Gasteiger partial charge < -0.3 is 4.90 Å². The lowest BCUT2D eigenvalue weighted by atomic mass is 10.3. The Kier molecular flexibility index (Phi) is 4.51. The third kappa shape index (κ3) is 3.42. The monoisotopic (exact) mass is 324 g/mol. The summed E-state index contributed by atoms with van der Waals surface area (Å²) in [5.74, 6) is 0.893. The summed E-state index contributed by atoms with van der Waals surface area (Å²) < 4.78 is 0.933. The minimum Gasteiger partial charge on any atom is -0.335 e. The molecule has 1 aliphatic rings. The predicted molar refractivity (Wildman–Crippen MR) is 81.5 cm³/mol. The van der Waals surface area contributed by atoms with Crippen LogP contribution in [0.2, 0.25) is 0 Å². The highest BCUT2D eigenvalue weighted by atomic mass is 32.2. The van der Waals surface area contributed by atoms with Crippen molar-refractivity contribution in [1.82, 2.24) is 30.0 Å². The number of hydrogen-bond acceptors (Lipinski definition) is 7. The molecule has 1 saturated heterocycles. The molecular formula is C12H16N6OS2.